The van der Waals surface area contributed by atoms with E-state index in [1.807, 2.05) is 30.5 Å². The highest BCUT2D eigenvalue weighted by Crippen LogP contribution is 2.15. The van der Waals surface area contributed by atoms with Crippen LogP contribution in [0.15, 0.2) is 71.8 Å². The minimum Gasteiger partial charge on any atom is -0.368 e. The number of allylic oxidation sites excluding steroid dienone is 1. The highest BCUT2D eigenvalue weighted by atomic mass is 15.5. The molecule has 112 valence electrons. The molecule has 1 heterocycles. The second-order valence-electron chi connectivity index (χ2n) is 5.31. The van der Waals surface area contributed by atoms with Crippen LogP contribution in [0.3, 0.4) is 0 Å². The molecule has 3 rings (SSSR count). The fourth-order valence-electron chi connectivity index (χ4n) is 2.56. The van der Waals surface area contributed by atoms with Crippen molar-refractivity contribution in [2.24, 2.45) is 5.10 Å². The second kappa shape index (κ2) is 7.46. The van der Waals surface area contributed by atoms with Crippen molar-refractivity contribution < 1.29 is 0 Å². The molecule has 1 aliphatic heterocycles. The summed E-state index contributed by atoms with van der Waals surface area (Å²) in [4.78, 5) is 2.41. The van der Waals surface area contributed by atoms with Crippen LogP contribution >= 0.6 is 0 Å². The van der Waals surface area contributed by atoms with Gasteiger partial charge in [-0.3, -0.25) is 5.01 Å². The lowest BCUT2D eigenvalue weighted by Gasteiger charge is -2.34. The average Bonchev–Trinajstić information content (AvgIpc) is 2.61. The van der Waals surface area contributed by atoms with Crippen molar-refractivity contribution >= 4 is 18.0 Å². The number of rotatable bonds is 4. The van der Waals surface area contributed by atoms with Crippen molar-refractivity contribution in [1.82, 2.24) is 5.01 Å². The second-order valence-corrected chi connectivity index (χ2v) is 5.31. The van der Waals surface area contributed by atoms with E-state index in [1.165, 1.54) is 11.3 Å². The van der Waals surface area contributed by atoms with Crippen molar-refractivity contribution in [3.63, 3.8) is 0 Å². The third-order valence-electron chi connectivity index (χ3n) is 3.78. The van der Waals surface area contributed by atoms with Gasteiger partial charge in [0.25, 0.3) is 0 Å². The molecule has 0 atom stereocenters. The Morgan fingerprint density at radius 2 is 1.41 bits per heavy atom. The number of piperazine rings is 1. The van der Waals surface area contributed by atoms with Crippen LogP contribution in [-0.4, -0.2) is 37.4 Å². The molecule has 0 radical (unpaired) electrons. The van der Waals surface area contributed by atoms with E-state index in [0.29, 0.717) is 0 Å². The lowest BCUT2D eigenvalue weighted by Crippen LogP contribution is -2.44. The van der Waals surface area contributed by atoms with E-state index in [4.69, 9.17) is 0 Å². The minimum absolute atomic E-state index is 0.963. The molecule has 3 nitrogen and oxygen atoms in total. The summed E-state index contributed by atoms with van der Waals surface area (Å²) in [5, 5.41) is 6.65. The van der Waals surface area contributed by atoms with Crippen LogP contribution in [0.25, 0.3) is 6.08 Å². The Balaban J connectivity index is 1.48. The predicted molar refractivity (Wildman–Crippen MR) is 94.2 cm³/mol. The highest BCUT2D eigenvalue weighted by molar-refractivity contribution is 5.77. The lowest BCUT2D eigenvalue weighted by molar-refractivity contribution is 0.272. The van der Waals surface area contributed by atoms with E-state index in [1.54, 1.807) is 0 Å². The van der Waals surface area contributed by atoms with Crippen LogP contribution in [-0.2, 0) is 0 Å². The number of anilines is 1. The summed E-state index contributed by atoms with van der Waals surface area (Å²) in [5.74, 6) is 0. The van der Waals surface area contributed by atoms with Crippen molar-refractivity contribution in [2.75, 3.05) is 31.1 Å². The molecule has 0 aromatic heterocycles. The van der Waals surface area contributed by atoms with Crippen LogP contribution in [0.5, 0.6) is 0 Å². The Morgan fingerprint density at radius 1 is 0.773 bits per heavy atom. The van der Waals surface area contributed by atoms with Gasteiger partial charge in [-0.25, -0.2) is 0 Å². The molecule has 22 heavy (non-hydrogen) atoms. The van der Waals surface area contributed by atoms with Crippen LogP contribution in [0.2, 0.25) is 0 Å². The molecule has 0 amide bonds. The Labute approximate surface area is 132 Å². The number of para-hydroxylation sites is 1. The topological polar surface area (TPSA) is 18.8 Å². The third kappa shape index (κ3) is 3.98. The first-order valence-corrected chi connectivity index (χ1v) is 7.72. The molecule has 0 spiro atoms. The molecule has 3 heteroatoms. The van der Waals surface area contributed by atoms with E-state index in [0.717, 1.165) is 26.2 Å². The standard InChI is InChI=1S/C19H21N3/c1-3-8-18(9-4-1)10-7-13-20-22-16-14-21(15-17-22)19-11-5-2-6-12-19/h1-13H,14-17H2/b10-7+,20-13?. The number of hydrazone groups is 1. The molecule has 2 aromatic carbocycles. The van der Waals surface area contributed by atoms with Gasteiger partial charge in [0.1, 0.15) is 0 Å². The van der Waals surface area contributed by atoms with E-state index in [2.05, 4.69) is 63.6 Å². The summed E-state index contributed by atoms with van der Waals surface area (Å²) in [7, 11) is 0. The van der Waals surface area contributed by atoms with Gasteiger partial charge in [-0.15, -0.1) is 0 Å². The van der Waals surface area contributed by atoms with Crippen LogP contribution < -0.4 is 4.90 Å². The van der Waals surface area contributed by atoms with Crippen LogP contribution in [0.4, 0.5) is 5.69 Å². The monoisotopic (exact) mass is 291 g/mol. The fourth-order valence-corrected chi connectivity index (χ4v) is 2.56. The molecule has 1 aliphatic rings. The van der Waals surface area contributed by atoms with Gasteiger partial charge in [0.05, 0.1) is 13.1 Å². The fraction of sp³-hybridized carbons (Fsp3) is 0.211. The Hall–Kier alpha value is -2.55. The Kier molecular flexibility index (Phi) is 4.88. The number of nitrogens with zero attached hydrogens (tertiary/aromatic N) is 3. The minimum atomic E-state index is 0.963. The van der Waals surface area contributed by atoms with Gasteiger partial charge < -0.3 is 4.90 Å². The molecule has 0 aliphatic carbocycles. The van der Waals surface area contributed by atoms with Gasteiger partial charge >= 0.3 is 0 Å². The SMILES string of the molecule is C(/C=C/c1ccccc1)=NN1CCN(c2ccccc2)CC1. The summed E-state index contributed by atoms with van der Waals surface area (Å²) in [6, 6.07) is 20.9. The smallest absolute Gasteiger partial charge is 0.0536 e. The molecule has 1 saturated heterocycles. The van der Waals surface area contributed by atoms with Crippen molar-refractivity contribution in [1.29, 1.82) is 0 Å². The molecule has 1 fully saturated rings. The number of hydrogen-bond acceptors (Lipinski definition) is 3. The molecule has 0 saturated carbocycles. The first-order chi connectivity index (χ1) is 10.9. The van der Waals surface area contributed by atoms with Gasteiger partial charge in [0.15, 0.2) is 0 Å². The quantitative estimate of drug-likeness (QED) is 0.803. The predicted octanol–water partition coefficient (Wildman–Crippen LogP) is 3.51. The highest BCUT2D eigenvalue weighted by Gasteiger charge is 2.14. The van der Waals surface area contributed by atoms with Crippen molar-refractivity contribution in [2.45, 2.75) is 0 Å². The zero-order chi connectivity index (χ0) is 15.0. The van der Waals surface area contributed by atoms with E-state index in [-0.39, 0.29) is 0 Å². The first kappa shape index (κ1) is 14.4. The molecule has 0 bridgehead atoms. The summed E-state index contributed by atoms with van der Waals surface area (Å²) in [6.45, 7) is 3.96. The van der Waals surface area contributed by atoms with Crippen molar-refractivity contribution in [3.05, 3.63) is 72.3 Å². The molecular formula is C19H21N3. The molecule has 2 aromatic rings. The number of hydrogen-bond donors (Lipinski definition) is 0. The van der Waals surface area contributed by atoms with E-state index in [9.17, 15) is 0 Å². The number of benzene rings is 2. The maximum absolute atomic E-state index is 4.52. The molecule has 0 unspecified atom stereocenters. The summed E-state index contributed by atoms with van der Waals surface area (Å²) < 4.78 is 0. The Morgan fingerprint density at radius 3 is 2.09 bits per heavy atom. The Bertz CT molecular complexity index is 612. The maximum Gasteiger partial charge on any atom is 0.0536 e. The first-order valence-electron chi connectivity index (χ1n) is 7.72. The summed E-state index contributed by atoms with van der Waals surface area (Å²) >= 11 is 0. The van der Waals surface area contributed by atoms with Gasteiger partial charge in [0.2, 0.25) is 0 Å². The van der Waals surface area contributed by atoms with Crippen LogP contribution in [0, 0.1) is 0 Å². The van der Waals surface area contributed by atoms with Gasteiger partial charge in [-0.2, -0.15) is 5.10 Å². The summed E-state index contributed by atoms with van der Waals surface area (Å²) in [5.41, 5.74) is 2.50. The summed E-state index contributed by atoms with van der Waals surface area (Å²) in [6.07, 6.45) is 5.95. The van der Waals surface area contributed by atoms with Gasteiger partial charge in [-0.1, -0.05) is 54.6 Å². The average molecular weight is 291 g/mol. The zero-order valence-corrected chi connectivity index (χ0v) is 12.7. The third-order valence-corrected chi connectivity index (χ3v) is 3.78. The van der Waals surface area contributed by atoms with E-state index < -0.39 is 0 Å². The zero-order valence-electron chi connectivity index (χ0n) is 12.7. The van der Waals surface area contributed by atoms with Gasteiger partial charge in [0, 0.05) is 25.0 Å². The van der Waals surface area contributed by atoms with Gasteiger partial charge in [-0.05, 0) is 23.8 Å². The lowest BCUT2D eigenvalue weighted by atomic mass is 10.2. The van der Waals surface area contributed by atoms with Crippen LogP contribution in [0.1, 0.15) is 5.56 Å². The van der Waals surface area contributed by atoms with E-state index >= 15 is 0 Å². The van der Waals surface area contributed by atoms with Crippen molar-refractivity contribution in [3.8, 4) is 0 Å². The normalized spacial score (nSPS) is 15.8. The maximum atomic E-state index is 4.52. The molecular weight excluding hydrogens is 270 g/mol. The molecule has 0 N–H and O–H groups in total. The largest absolute Gasteiger partial charge is 0.368 e.